The van der Waals surface area contributed by atoms with Gasteiger partial charge >= 0.3 is 5.97 Å². The molecule has 1 atom stereocenters. The molecule has 2 saturated carbocycles. The second-order valence-corrected chi connectivity index (χ2v) is 7.59. The number of carboxylic acids is 1. The van der Waals surface area contributed by atoms with Gasteiger partial charge in [-0.3, -0.25) is 9.59 Å². The number of carbonyl (C=O) groups excluding carboxylic acids is 1. The first-order valence-electron chi connectivity index (χ1n) is 9.10. The molecule has 2 fully saturated rings. The average Bonchev–Trinajstić information content (AvgIpc) is 3.29. The third kappa shape index (κ3) is 3.80. The number of carbonyl (C=O) groups is 2. The molecule has 1 aromatic rings. The molecule has 1 unspecified atom stereocenters. The number of carboxylic acid groups (broad SMARTS) is 1. The molecule has 0 bridgehead atoms. The summed E-state index contributed by atoms with van der Waals surface area (Å²) >= 11 is 0. The molecule has 0 aromatic heterocycles. The van der Waals surface area contributed by atoms with Crippen molar-refractivity contribution < 1.29 is 14.7 Å². The highest BCUT2D eigenvalue weighted by molar-refractivity contribution is 5.97. The lowest BCUT2D eigenvalue weighted by Gasteiger charge is -2.28. The van der Waals surface area contributed by atoms with Gasteiger partial charge in [-0.2, -0.15) is 0 Å². The van der Waals surface area contributed by atoms with Gasteiger partial charge in [-0.15, -0.1) is 0 Å². The summed E-state index contributed by atoms with van der Waals surface area (Å²) in [7, 11) is 0. The van der Waals surface area contributed by atoms with E-state index in [1.807, 2.05) is 12.1 Å². The first-order chi connectivity index (χ1) is 11.5. The molecule has 2 N–H and O–H groups in total. The van der Waals surface area contributed by atoms with Crippen LogP contribution in [0.25, 0.3) is 0 Å². The van der Waals surface area contributed by atoms with Gasteiger partial charge in [0.25, 0.3) is 0 Å². The van der Waals surface area contributed by atoms with E-state index in [2.05, 4.69) is 24.4 Å². The van der Waals surface area contributed by atoms with Gasteiger partial charge in [-0.05, 0) is 56.1 Å². The van der Waals surface area contributed by atoms with Crippen molar-refractivity contribution in [3.8, 4) is 0 Å². The van der Waals surface area contributed by atoms with Gasteiger partial charge in [0.2, 0.25) is 5.91 Å². The van der Waals surface area contributed by atoms with E-state index in [9.17, 15) is 14.7 Å². The number of hydrogen-bond donors (Lipinski definition) is 2. The fourth-order valence-corrected chi connectivity index (χ4v) is 4.00. The summed E-state index contributed by atoms with van der Waals surface area (Å²) in [4.78, 5) is 24.4. The maximum Gasteiger partial charge on any atom is 0.316 e. The maximum absolute atomic E-state index is 12.7. The zero-order valence-corrected chi connectivity index (χ0v) is 14.4. The van der Waals surface area contributed by atoms with Crippen molar-refractivity contribution in [1.29, 1.82) is 0 Å². The van der Waals surface area contributed by atoms with Crippen LogP contribution < -0.4 is 5.32 Å². The number of benzene rings is 1. The average molecular weight is 329 g/mol. The Morgan fingerprint density at radius 3 is 2.46 bits per heavy atom. The molecule has 0 saturated heterocycles. The van der Waals surface area contributed by atoms with Crippen LogP contribution in [-0.2, 0) is 16.0 Å². The van der Waals surface area contributed by atoms with E-state index in [0.717, 1.165) is 51.4 Å². The molecule has 2 aliphatic rings. The Labute approximate surface area is 143 Å². The molecule has 0 aliphatic heterocycles. The number of amides is 1. The lowest BCUT2D eigenvalue weighted by atomic mass is 9.79. The quantitative estimate of drug-likeness (QED) is 0.785. The Morgan fingerprint density at radius 1 is 1.21 bits per heavy atom. The van der Waals surface area contributed by atoms with Crippen LogP contribution in [0.2, 0.25) is 0 Å². The molecule has 24 heavy (non-hydrogen) atoms. The summed E-state index contributed by atoms with van der Waals surface area (Å²) in [5.74, 6) is -2.14. The lowest BCUT2D eigenvalue weighted by Crippen LogP contribution is -2.47. The molecule has 2 aliphatic carbocycles. The second-order valence-electron chi connectivity index (χ2n) is 7.59. The number of hydrogen-bond acceptors (Lipinski definition) is 2. The highest BCUT2D eigenvalue weighted by Crippen LogP contribution is 2.40. The van der Waals surface area contributed by atoms with Crippen molar-refractivity contribution in [3.05, 3.63) is 35.4 Å². The van der Waals surface area contributed by atoms with Crippen LogP contribution in [0.3, 0.4) is 0 Å². The molecule has 4 heteroatoms. The van der Waals surface area contributed by atoms with E-state index < -0.39 is 11.9 Å². The summed E-state index contributed by atoms with van der Waals surface area (Å²) in [6.07, 6.45) is 7.61. The number of aryl methyl sites for hydroxylation is 1. The molecule has 0 spiro atoms. The van der Waals surface area contributed by atoms with Crippen LogP contribution >= 0.6 is 0 Å². The van der Waals surface area contributed by atoms with Crippen LogP contribution in [0.4, 0.5) is 0 Å². The van der Waals surface area contributed by atoms with E-state index in [4.69, 9.17) is 0 Å². The minimum Gasteiger partial charge on any atom is -0.481 e. The van der Waals surface area contributed by atoms with Gasteiger partial charge in [0.15, 0.2) is 0 Å². The monoisotopic (exact) mass is 329 g/mol. The van der Waals surface area contributed by atoms with Gasteiger partial charge in [0, 0.05) is 5.54 Å². The number of aliphatic carboxylic acids is 1. The summed E-state index contributed by atoms with van der Waals surface area (Å²) in [6, 6.07) is 8.20. The minimum atomic E-state index is -0.967. The Morgan fingerprint density at radius 2 is 1.88 bits per heavy atom. The van der Waals surface area contributed by atoms with E-state index in [0.29, 0.717) is 0 Å². The lowest BCUT2D eigenvalue weighted by molar-refractivity contribution is -0.150. The first kappa shape index (κ1) is 17.0. The third-order valence-corrected chi connectivity index (χ3v) is 5.70. The molecule has 0 radical (unpaired) electrons. The second kappa shape index (κ2) is 6.96. The highest BCUT2D eigenvalue weighted by atomic mass is 16.4. The molecule has 1 aromatic carbocycles. The minimum absolute atomic E-state index is 0.00879. The predicted octanol–water partition coefficient (Wildman–Crippen LogP) is 3.47. The molecule has 1 amide bonds. The predicted molar refractivity (Wildman–Crippen MR) is 92.7 cm³/mol. The largest absolute Gasteiger partial charge is 0.481 e. The summed E-state index contributed by atoms with van der Waals surface area (Å²) in [5.41, 5.74) is 2.23. The summed E-state index contributed by atoms with van der Waals surface area (Å²) < 4.78 is 0. The van der Waals surface area contributed by atoms with Crippen molar-refractivity contribution in [1.82, 2.24) is 5.32 Å². The van der Waals surface area contributed by atoms with Crippen molar-refractivity contribution in [2.75, 3.05) is 0 Å². The van der Waals surface area contributed by atoms with E-state index >= 15 is 0 Å². The standard InChI is InChI=1S/C20H27NO3/c1-14-7-5-6-10-16(14)13-20(11-12-20)21-18(22)17(19(23)24)15-8-3-2-4-9-15/h5-7,10,15,17H,2-4,8-9,11-13H2,1H3,(H,21,22)(H,23,24). The highest BCUT2D eigenvalue weighted by Gasteiger charge is 2.47. The van der Waals surface area contributed by atoms with Gasteiger partial charge in [0.1, 0.15) is 5.92 Å². The molecule has 130 valence electrons. The van der Waals surface area contributed by atoms with Gasteiger partial charge < -0.3 is 10.4 Å². The maximum atomic E-state index is 12.7. The first-order valence-corrected chi connectivity index (χ1v) is 9.10. The molecular weight excluding hydrogens is 302 g/mol. The van der Waals surface area contributed by atoms with Crippen LogP contribution in [0.15, 0.2) is 24.3 Å². The van der Waals surface area contributed by atoms with E-state index in [1.165, 1.54) is 11.1 Å². The van der Waals surface area contributed by atoms with Gasteiger partial charge in [-0.1, -0.05) is 43.5 Å². The van der Waals surface area contributed by atoms with E-state index in [-0.39, 0.29) is 17.4 Å². The van der Waals surface area contributed by atoms with Gasteiger partial charge in [-0.25, -0.2) is 0 Å². The zero-order valence-electron chi connectivity index (χ0n) is 14.4. The van der Waals surface area contributed by atoms with E-state index in [1.54, 1.807) is 0 Å². The third-order valence-electron chi connectivity index (χ3n) is 5.70. The number of rotatable bonds is 6. The SMILES string of the molecule is Cc1ccccc1CC1(NC(=O)C(C(=O)O)C2CCCCC2)CC1. The van der Waals surface area contributed by atoms with Gasteiger partial charge in [0.05, 0.1) is 0 Å². The van der Waals surface area contributed by atoms with Crippen LogP contribution in [0, 0.1) is 18.8 Å². The normalized spacial score (nSPS) is 21.0. The molecule has 0 heterocycles. The fraction of sp³-hybridized carbons (Fsp3) is 0.600. The van der Waals surface area contributed by atoms with Crippen LogP contribution in [-0.4, -0.2) is 22.5 Å². The Kier molecular flexibility index (Phi) is 4.93. The van der Waals surface area contributed by atoms with Crippen molar-refractivity contribution in [2.45, 2.75) is 63.8 Å². The summed E-state index contributed by atoms with van der Waals surface area (Å²) in [5, 5.41) is 12.7. The fourth-order valence-electron chi connectivity index (χ4n) is 4.00. The molecule has 4 nitrogen and oxygen atoms in total. The van der Waals surface area contributed by atoms with Crippen molar-refractivity contribution >= 4 is 11.9 Å². The Bertz CT molecular complexity index is 615. The van der Waals surface area contributed by atoms with Crippen molar-refractivity contribution in [3.63, 3.8) is 0 Å². The Hall–Kier alpha value is -1.84. The smallest absolute Gasteiger partial charge is 0.316 e. The summed E-state index contributed by atoms with van der Waals surface area (Å²) in [6.45, 7) is 2.08. The van der Waals surface area contributed by atoms with Crippen LogP contribution in [0.1, 0.15) is 56.1 Å². The molecular formula is C20H27NO3. The Balaban J connectivity index is 1.68. The zero-order chi connectivity index (χ0) is 17.2. The van der Waals surface area contributed by atoms with Crippen molar-refractivity contribution in [2.24, 2.45) is 11.8 Å². The van der Waals surface area contributed by atoms with Crippen LogP contribution in [0.5, 0.6) is 0 Å². The topological polar surface area (TPSA) is 66.4 Å². The number of nitrogens with one attached hydrogen (secondary N) is 1. The molecule has 3 rings (SSSR count).